The number of alkyl halides is 1. The Morgan fingerprint density at radius 3 is 2.81 bits per heavy atom. The number of hydrogen-bond acceptors (Lipinski definition) is 2. The van der Waals surface area contributed by atoms with Gasteiger partial charge in [0.25, 0.3) is 0 Å². The fourth-order valence-electron chi connectivity index (χ4n) is 1.50. The van der Waals surface area contributed by atoms with Gasteiger partial charge < -0.3 is 5.32 Å². The van der Waals surface area contributed by atoms with Crippen LogP contribution in [-0.2, 0) is 5.88 Å². The number of anilines is 2. The topological polar surface area (TPSA) is 24.9 Å². The summed E-state index contributed by atoms with van der Waals surface area (Å²) in [7, 11) is 0. The van der Waals surface area contributed by atoms with Crippen LogP contribution in [-0.4, -0.2) is 4.98 Å². The lowest BCUT2D eigenvalue weighted by Crippen LogP contribution is -1.96. The predicted molar refractivity (Wildman–Crippen MR) is 68.3 cm³/mol. The molecule has 1 N–H and O–H groups in total. The summed E-state index contributed by atoms with van der Waals surface area (Å²) in [5, 5.41) is 3.27. The first-order chi connectivity index (χ1) is 7.79. The first kappa shape index (κ1) is 11.0. The lowest BCUT2D eigenvalue weighted by atomic mass is 10.2. The molecule has 0 unspecified atom stereocenters. The molecule has 1 aromatic heterocycles. The van der Waals surface area contributed by atoms with Crippen LogP contribution >= 0.6 is 11.6 Å². The van der Waals surface area contributed by atoms with E-state index in [0.29, 0.717) is 5.88 Å². The van der Waals surface area contributed by atoms with Crippen molar-refractivity contribution in [2.45, 2.75) is 12.8 Å². The summed E-state index contributed by atoms with van der Waals surface area (Å²) in [6.07, 6.45) is 1.79. The molecule has 0 saturated heterocycles. The second-order valence-electron chi connectivity index (χ2n) is 3.63. The third kappa shape index (κ3) is 2.52. The Balaban J connectivity index is 2.26. The van der Waals surface area contributed by atoms with E-state index in [0.717, 1.165) is 17.1 Å². The van der Waals surface area contributed by atoms with Crippen molar-refractivity contribution >= 4 is 23.1 Å². The molecule has 1 aromatic carbocycles. The van der Waals surface area contributed by atoms with Crippen molar-refractivity contribution in [3.05, 3.63) is 53.7 Å². The van der Waals surface area contributed by atoms with E-state index in [-0.39, 0.29) is 0 Å². The highest BCUT2D eigenvalue weighted by atomic mass is 35.5. The number of para-hydroxylation sites is 1. The highest BCUT2D eigenvalue weighted by Gasteiger charge is 2.01. The number of nitrogens with zero attached hydrogens (tertiary/aromatic N) is 1. The number of aromatic nitrogens is 1. The first-order valence-corrected chi connectivity index (χ1v) is 5.66. The summed E-state index contributed by atoms with van der Waals surface area (Å²) < 4.78 is 0. The van der Waals surface area contributed by atoms with E-state index in [9.17, 15) is 0 Å². The van der Waals surface area contributed by atoms with E-state index in [4.69, 9.17) is 11.6 Å². The molecule has 0 aliphatic rings. The van der Waals surface area contributed by atoms with Crippen LogP contribution in [0.3, 0.4) is 0 Å². The molecule has 2 aromatic rings. The van der Waals surface area contributed by atoms with Gasteiger partial charge in [-0.2, -0.15) is 0 Å². The Morgan fingerprint density at radius 1 is 1.25 bits per heavy atom. The van der Waals surface area contributed by atoms with Crippen molar-refractivity contribution in [2.75, 3.05) is 5.32 Å². The molecular formula is C13H13ClN2. The molecule has 2 rings (SSSR count). The van der Waals surface area contributed by atoms with Crippen molar-refractivity contribution in [2.24, 2.45) is 0 Å². The minimum atomic E-state index is 0.495. The Kier molecular flexibility index (Phi) is 3.42. The second kappa shape index (κ2) is 4.99. The molecule has 3 heteroatoms. The van der Waals surface area contributed by atoms with Crippen molar-refractivity contribution in [1.29, 1.82) is 0 Å². The van der Waals surface area contributed by atoms with Gasteiger partial charge in [0, 0.05) is 17.8 Å². The van der Waals surface area contributed by atoms with Crippen molar-refractivity contribution in [1.82, 2.24) is 4.98 Å². The third-order valence-electron chi connectivity index (χ3n) is 2.34. The normalized spacial score (nSPS) is 10.1. The molecule has 0 atom stereocenters. The molecule has 0 bridgehead atoms. The van der Waals surface area contributed by atoms with E-state index >= 15 is 0 Å². The number of pyridine rings is 1. The summed E-state index contributed by atoms with van der Waals surface area (Å²) in [4.78, 5) is 4.26. The second-order valence-corrected chi connectivity index (χ2v) is 3.90. The number of hydrogen-bond donors (Lipinski definition) is 1. The summed E-state index contributed by atoms with van der Waals surface area (Å²) in [5.41, 5.74) is 3.27. The fourth-order valence-corrected chi connectivity index (χ4v) is 1.73. The quantitative estimate of drug-likeness (QED) is 0.813. The number of halogens is 1. The number of aryl methyl sites for hydroxylation is 1. The first-order valence-electron chi connectivity index (χ1n) is 5.13. The maximum atomic E-state index is 5.87. The molecule has 0 amide bonds. The third-order valence-corrected chi connectivity index (χ3v) is 2.63. The van der Waals surface area contributed by atoms with Gasteiger partial charge in [-0.15, -0.1) is 11.6 Å². The SMILES string of the molecule is Cc1ccnc(Nc2ccccc2CCl)c1. The fraction of sp³-hybridized carbons (Fsp3) is 0.154. The van der Waals surface area contributed by atoms with Crippen molar-refractivity contribution in [3.8, 4) is 0 Å². The van der Waals surface area contributed by atoms with Crippen LogP contribution in [0.2, 0.25) is 0 Å². The largest absolute Gasteiger partial charge is 0.340 e. The van der Waals surface area contributed by atoms with E-state index in [1.807, 2.05) is 43.3 Å². The van der Waals surface area contributed by atoms with Crippen LogP contribution in [0, 0.1) is 6.92 Å². The van der Waals surface area contributed by atoms with Crippen LogP contribution in [0.15, 0.2) is 42.6 Å². The smallest absolute Gasteiger partial charge is 0.130 e. The van der Waals surface area contributed by atoms with E-state index in [2.05, 4.69) is 10.3 Å². The molecule has 0 radical (unpaired) electrons. The van der Waals surface area contributed by atoms with Gasteiger partial charge in [0.05, 0.1) is 0 Å². The molecule has 0 saturated carbocycles. The van der Waals surface area contributed by atoms with Gasteiger partial charge in [-0.05, 0) is 36.2 Å². The predicted octanol–water partition coefficient (Wildman–Crippen LogP) is 3.87. The molecule has 82 valence electrons. The highest BCUT2D eigenvalue weighted by Crippen LogP contribution is 2.21. The zero-order valence-corrected chi connectivity index (χ0v) is 9.83. The number of benzene rings is 1. The Labute approximate surface area is 100 Å². The molecule has 0 aliphatic carbocycles. The molecule has 0 aliphatic heterocycles. The summed E-state index contributed by atoms with van der Waals surface area (Å²) in [6.45, 7) is 2.04. The summed E-state index contributed by atoms with van der Waals surface area (Å²) in [6, 6.07) is 11.9. The molecule has 0 fully saturated rings. The maximum Gasteiger partial charge on any atom is 0.130 e. The standard InChI is InChI=1S/C13H13ClN2/c1-10-6-7-15-13(8-10)16-12-5-3-2-4-11(12)9-14/h2-8H,9H2,1H3,(H,15,16). The Morgan fingerprint density at radius 2 is 2.06 bits per heavy atom. The van der Waals surface area contributed by atoms with Crippen LogP contribution in [0.25, 0.3) is 0 Å². The average molecular weight is 233 g/mol. The zero-order chi connectivity index (χ0) is 11.4. The van der Waals surface area contributed by atoms with Crippen LogP contribution in [0.5, 0.6) is 0 Å². The zero-order valence-electron chi connectivity index (χ0n) is 9.07. The van der Waals surface area contributed by atoms with Gasteiger partial charge in [0.15, 0.2) is 0 Å². The highest BCUT2D eigenvalue weighted by molar-refractivity contribution is 6.17. The molecule has 0 spiro atoms. The lowest BCUT2D eigenvalue weighted by Gasteiger charge is -2.09. The Hall–Kier alpha value is -1.54. The van der Waals surface area contributed by atoms with Gasteiger partial charge in [-0.3, -0.25) is 0 Å². The van der Waals surface area contributed by atoms with Gasteiger partial charge >= 0.3 is 0 Å². The van der Waals surface area contributed by atoms with Gasteiger partial charge in [-0.1, -0.05) is 18.2 Å². The summed E-state index contributed by atoms with van der Waals surface area (Å²) >= 11 is 5.87. The number of rotatable bonds is 3. The van der Waals surface area contributed by atoms with Crippen molar-refractivity contribution in [3.63, 3.8) is 0 Å². The van der Waals surface area contributed by atoms with Gasteiger partial charge in [0.1, 0.15) is 5.82 Å². The minimum Gasteiger partial charge on any atom is -0.340 e. The molecular weight excluding hydrogens is 220 g/mol. The van der Waals surface area contributed by atoms with Crippen LogP contribution < -0.4 is 5.32 Å². The molecule has 16 heavy (non-hydrogen) atoms. The number of nitrogens with one attached hydrogen (secondary N) is 1. The van der Waals surface area contributed by atoms with Gasteiger partial charge in [0.2, 0.25) is 0 Å². The average Bonchev–Trinajstić information content (AvgIpc) is 2.30. The van der Waals surface area contributed by atoms with E-state index < -0.39 is 0 Å². The minimum absolute atomic E-state index is 0.495. The van der Waals surface area contributed by atoms with Gasteiger partial charge in [-0.25, -0.2) is 4.98 Å². The van der Waals surface area contributed by atoms with Crippen LogP contribution in [0.1, 0.15) is 11.1 Å². The lowest BCUT2D eigenvalue weighted by molar-refractivity contribution is 1.26. The van der Waals surface area contributed by atoms with Crippen LogP contribution in [0.4, 0.5) is 11.5 Å². The van der Waals surface area contributed by atoms with Crippen molar-refractivity contribution < 1.29 is 0 Å². The molecule has 2 nitrogen and oxygen atoms in total. The molecule has 1 heterocycles. The maximum absolute atomic E-state index is 5.87. The Bertz CT molecular complexity index is 483. The van der Waals surface area contributed by atoms with E-state index in [1.165, 1.54) is 5.56 Å². The monoisotopic (exact) mass is 232 g/mol. The summed E-state index contributed by atoms with van der Waals surface area (Å²) in [5.74, 6) is 1.34. The van der Waals surface area contributed by atoms with E-state index in [1.54, 1.807) is 6.20 Å².